The Morgan fingerprint density at radius 1 is 0.340 bits per heavy atom. The van der Waals surface area contributed by atoms with E-state index in [2.05, 4.69) is 13.8 Å². The van der Waals surface area contributed by atoms with Gasteiger partial charge in [0, 0.05) is 12.3 Å². The molecule has 2 atom stereocenters. The van der Waals surface area contributed by atoms with Gasteiger partial charge in [0.15, 0.2) is 0 Å². The summed E-state index contributed by atoms with van der Waals surface area (Å²) >= 11 is 0. The second-order valence-corrected chi connectivity index (χ2v) is 16.4. The number of hydrogen-bond donors (Lipinski definition) is 2. The molecule has 0 bridgehead atoms. The van der Waals surface area contributed by atoms with Crippen LogP contribution in [-0.4, -0.2) is 11.8 Å². The van der Waals surface area contributed by atoms with Gasteiger partial charge in [0.1, 0.15) is 0 Å². The Morgan fingerprint density at radius 2 is 0.580 bits per heavy atom. The predicted octanol–water partition coefficient (Wildman–Crippen LogP) is 14.8. The van der Waals surface area contributed by atoms with Crippen LogP contribution in [0.1, 0.15) is 271 Å². The fraction of sp³-hybridized carbons (Fsp3) is 0.957. The minimum Gasteiger partial charge on any atom is -0.370 e. The van der Waals surface area contributed by atoms with Gasteiger partial charge in [-0.15, -0.1) is 0 Å². The number of nitrogens with two attached hydrogens (primary N) is 2. The fourth-order valence-electron chi connectivity index (χ4n) is 8.08. The summed E-state index contributed by atoms with van der Waals surface area (Å²) in [6, 6.07) is 0. The van der Waals surface area contributed by atoms with Crippen LogP contribution in [0.5, 0.6) is 0 Å². The second-order valence-electron chi connectivity index (χ2n) is 16.4. The van der Waals surface area contributed by atoms with E-state index in [4.69, 9.17) is 11.5 Å². The highest BCUT2D eigenvalue weighted by Crippen LogP contribution is 2.30. The molecule has 0 aromatic rings. The van der Waals surface area contributed by atoms with Crippen molar-refractivity contribution in [3.8, 4) is 0 Å². The lowest BCUT2D eigenvalue weighted by Gasteiger charge is -2.25. The minimum absolute atomic E-state index is 0.0311. The van der Waals surface area contributed by atoms with Crippen molar-refractivity contribution in [2.75, 3.05) is 0 Å². The van der Waals surface area contributed by atoms with E-state index in [0.29, 0.717) is 12.3 Å². The van der Waals surface area contributed by atoms with Gasteiger partial charge >= 0.3 is 0 Å². The first-order valence-corrected chi connectivity index (χ1v) is 23.1. The smallest absolute Gasteiger partial charge is 0.220 e. The number of amides is 2. The molecular weight excluding hydrogens is 613 g/mol. The summed E-state index contributed by atoms with van der Waals surface area (Å²) in [5.41, 5.74) is 11.4. The highest BCUT2D eigenvalue weighted by molar-refractivity contribution is 5.76. The molecule has 0 saturated heterocycles. The number of rotatable bonds is 43. The normalized spacial score (nSPS) is 12.8. The third-order valence-electron chi connectivity index (χ3n) is 11.5. The Hall–Kier alpha value is -1.06. The van der Waals surface area contributed by atoms with Crippen LogP contribution < -0.4 is 11.5 Å². The van der Waals surface area contributed by atoms with E-state index < -0.39 is 0 Å². The first-order valence-electron chi connectivity index (χ1n) is 23.1. The fourth-order valence-corrected chi connectivity index (χ4v) is 8.08. The molecule has 4 N–H and O–H groups in total. The van der Waals surface area contributed by atoms with Gasteiger partial charge in [-0.3, -0.25) is 9.59 Å². The van der Waals surface area contributed by atoms with E-state index in [0.717, 1.165) is 51.4 Å². The van der Waals surface area contributed by atoms with Crippen LogP contribution in [0.2, 0.25) is 0 Å². The van der Waals surface area contributed by atoms with Crippen molar-refractivity contribution in [3.63, 3.8) is 0 Å². The number of primary amides is 2. The summed E-state index contributed by atoms with van der Waals surface area (Å²) < 4.78 is 0. The maximum atomic E-state index is 12.7. The van der Waals surface area contributed by atoms with Crippen LogP contribution in [0.15, 0.2) is 0 Å². The van der Waals surface area contributed by atoms with Crippen LogP contribution >= 0.6 is 0 Å². The zero-order chi connectivity index (χ0) is 36.6. The molecule has 0 spiro atoms. The van der Waals surface area contributed by atoms with Crippen molar-refractivity contribution in [1.82, 2.24) is 0 Å². The van der Waals surface area contributed by atoms with Gasteiger partial charge in [-0.2, -0.15) is 0 Å². The van der Waals surface area contributed by atoms with E-state index in [1.807, 2.05) is 0 Å². The van der Waals surface area contributed by atoms with Gasteiger partial charge in [0.25, 0.3) is 0 Å². The van der Waals surface area contributed by atoms with Crippen molar-refractivity contribution < 1.29 is 9.59 Å². The molecule has 0 aromatic carbocycles. The standard InChI is InChI=1S/C46H92N2O2/c1-3-5-7-9-11-13-15-17-19-21-23-25-27-29-31-35-39-43(40-36-33-34-38-42-45(47)49)44(46(48)50)41-37-32-30-28-26-24-22-20-18-16-14-12-10-8-6-4-2/h43-44H,3-42H2,1-2H3,(H2,47,49)(H2,48,50). The van der Waals surface area contributed by atoms with Crippen molar-refractivity contribution in [3.05, 3.63) is 0 Å². The molecule has 298 valence electrons. The van der Waals surface area contributed by atoms with Crippen molar-refractivity contribution in [2.45, 2.75) is 271 Å². The van der Waals surface area contributed by atoms with E-state index in [1.165, 1.54) is 199 Å². The summed E-state index contributed by atoms with van der Waals surface area (Å²) in [7, 11) is 0. The molecule has 0 aliphatic carbocycles. The molecule has 0 saturated carbocycles. The Labute approximate surface area is 314 Å². The Morgan fingerprint density at radius 3 is 0.840 bits per heavy atom. The highest BCUT2D eigenvalue weighted by Gasteiger charge is 2.25. The van der Waals surface area contributed by atoms with Crippen LogP contribution in [0, 0.1) is 11.8 Å². The van der Waals surface area contributed by atoms with Gasteiger partial charge in [-0.05, 0) is 31.6 Å². The molecule has 2 unspecified atom stereocenters. The van der Waals surface area contributed by atoms with Gasteiger partial charge < -0.3 is 11.5 Å². The van der Waals surface area contributed by atoms with Crippen LogP contribution in [-0.2, 0) is 9.59 Å². The molecule has 0 rings (SSSR count). The van der Waals surface area contributed by atoms with Gasteiger partial charge in [0.05, 0.1) is 0 Å². The summed E-state index contributed by atoms with van der Waals surface area (Å²) in [6.07, 6.45) is 52.1. The van der Waals surface area contributed by atoms with Gasteiger partial charge in [0.2, 0.25) is 11.8 Å². The third-order valence-corrected chi connectivity index (χ3v) is 11.5. The topological polar surface area (TPSA) is 86.2 Å². The SMILES string of the molecule is CCCCCCCCCCCCCCCCCCC(CCCCCCC(N)=O)C(CCCCCCCCCCCCCCCCCC)C(N)=O. The van der Waals surface area contributed by atoms with Crippen LogP contribution in [0.25, 0.3) is 0 Å². The van der Waals surface area contributed by atoms with E-state index in [-0.39, 0.29) is 17.7 Å². The van der Waals surface area contributed by atoms with Crippen LogP contribution in [0.3, 0.4) is 0 Å². The molecule has 0 aliphatic rings. The Balaban J connectivity index is 4.16. The van der Waals surface area contributed by atoms with E-state index in [9.17, 15) is 9.59 Å². The average molecular weight is 705 g/mol. The molecular formula is C46H92N2O2. The first kappa shape index (κ1) is 48.9. The first-order chi connectivity index (χ1) is 24.5. The maximum absolute atomic E-state index is 12.7. The van der Waals surface area contributed by atoms with E-state index in [1.54, 1.807) is 0 Å². The summed E-state index contributed by atoms with van der Waals surface area (Å²) in [5.74, 6) is 0.190. The summed E-state index contributed by atoms with van der Waals surface area (Å²) in [4.78, 5) is 23.8. The second kappa shape index (κ2) is 40.7. The molecule has 0 fully saturated rings. The summed E-state index contributed by atoms with van der Waals surface area (Å²) in [6.45, 7) is 4.59. The zero-order valence-electron chi connectivity index (χ0n) is 34.4. The third kappa shape index (κ3) is 36.7. The molecule has 0 aromatic heterocycles. The lowest BCUT2D eigenvalue weighted by atomic mass is 9.80. The number of carbonyl (C=O) groups excluding carboxylic acids is 2. The molecule has 2 amide bonds. The molecule has 50 heavy (non-hydrogen) atoms. The predicted molar refractivity (Wildman–Crippen MR) is 221 cm³/mol. The molecule has 0 heterocycles. The molecule has 0 radical (unpaired) electrons. The maximum Gasteiger partial charge on any atom is 0.220 e. The van der Waals surface area contributed by atoms with E-state index >= 15 is 0 Å². The van der Waals surface area contributed by atoms with Gasteiger partial charge in [-0.25, -0.2) is 0 Å². The Bertz CT molecular complexity index is 696. The lowest BCUT2D eigenvalue weighted by Crippen LogP contribution is -2.30. The zero-order valence-corrected chi connectivity index (χ0v) is 34.4. The molecule has 0 aliphatic heterocycles. The van der Waals surface area contributed by atoms with Crippen molar-refractivity contribution in [2.24, 2.45) is 23.3 Å². The number of carbonyl (C=O) groups is 2. The number of hydrogen-bond acceptors (Lipinski definition) is 2. The Kier molecular flexibility index (Phi) is 39.8. The quantitative estimate of drug-likeness (QED) is 0.0619. The van der Waals surface area contributed by atoms with Crippen LogP contribution in [0.4, 0.5) is 0 Å². The molecule has 4 heteroatoms. The van der Waals surface area contributed by atoms with Crippen molar-refractivity contribution >= 4 is 11.8 Å². The monoisotopic (exact) mass is 705 g/mol. The summed E-state index contributed by atoms with van der Waals surface area (Å²) in [5, 5.41) is 0. The lowest BCUT2D eigenvalue weighted by molar-refractivity contribution is -0.124. The highest BCUT2D eigenvalue weighted by atomic mass is 16.1. The van der Waals surface area contributed by atoms with Crippen molar-refractivity contribution in [1.29, 1.82) is 0 Å². The van der Waals surface area contributed by atoms with Gasteiger partial charge in [-0.1, -0.05) is 239 Å². The largest absolute Gasteiger partial charge is 0.370 e. The molecule has 4 nitrogen and oxygen atoms in total. The minimum atomic E-state index is -0.195. The average Bonchev–Trinajstić information content (AvgIpc) is 3.10. The number of unbranched alkanes of at least 4 members (excludes halogenated alkanes) is 33.